The van der Waals surface area contributed by atoms with E-state index in [0.29, 0.717) is 23.6 Å². The van der Waals surface area contributed by atoms with Crippen LogP contribution in [0.5, 0.6) is 5.75 Å². The third kappa shape index (κ3) is 4.67. The zero-order valence-corrected chi connectivity index (χ0v) is 12.7. The van der Waals surface area contributed by atoms with E-state index in [2.05, 4.69) is 11.8 Å². The van der Waals surface area contributed by atoms with Crippen LogP contribution in [0.3, 0.4) is 0 Å². The first-order valence-electron chi connectivity index (χ1n) is 6.41. The molecule has 1 nitrogen and oxygen atoms in total. The van der Waals surface area contributed by atoms with Crippen LogP contribution in [0.25, 0.3) is 0 Å². The molecule has 2 aromatic rings. The van der Waals surface area contributed by atoms with Gasteiger partial charge in [-0.25, -0.2) is 4.39 Å². The molecule has 0 bridgehead atoms. The normalized spacial score (nSPS) is 9.86. The Morgan fingerprint density at radius 1 is 1.10 bits per heavy atom. The predicted octanol–water partition coefficient (Wildman–Crippen LogP) is 5.04. The summed E-state index contributed by atoms with van der Waals surface area (Å²) in [5.74, 6) is 6.73. The van der Waals surface area contributed by atoms with Crippen LogP contribution in [0.4, 0.5) is 4.39 Å². The Labute approximate surface area is 133 Å². The van der Waals surface area contributed by atoms with E-state index in [1.54, 1.807) is 12.1 Å². The van der Waals surface area contributed by atoms with Crippen LogP contribution in [-0.4, -0.2) is 5.88 Å². The molecule has 0 atom stereocenters. The number of hydrogen-bond acceptors (Lipinski definition) is 1. The summed E-state index contributed by atoms with van der Waals surface area (Å²) < 4.78 is 18.9. The highest BCUT2D eigenvalue weighted by atomic mass is 35.5. The largest absolute Gasteiger partial charge is 0.489 e. The molecule has 0 unspecified atom stereocenters. The lowest BCUT2D eigenvalue weighted by atomic mass is 10.2. The summed E-state index contributed by atoms with van der Waals surface area (Å²) in [6.45, 7) is 0.216. The number of hydrogen-bond donors (Lipinski definition) is 0. The Kier molecular flexibility index (Phi) is 5.92. The summed E-state index contributed by atoms with van der Waals surface area (Å²) in [7, 11) is 0. The molecule has 2 rings (SSSR count). The van der Waals surface area contributed by atoms with Crippen molar-refractivity contribution in [2.24, 2.45) is 0 Å². The Morgan fingerprint density at radius 2 is 1.86 bits per heavy atom. The molecule has 0 aliphatic rings. The third-order valence-corrected chi connectivity index (χ3v) is 3.34. The minimum atomic E-state index is -0.442. The quantitative estimate of drug-likeness (QED) is 0.566. The SMILES string of the molecule is Fc1cccc(COc2ccc(C#CCCCl)cc2)c1Cl. The lowest BCUT2D eigenvalue weighted by Gasteiger charge is -2.08. The third-order valence-electron chi connectivity index (χ3n) is 2.73. The van der Waals surface area contributed by atoms with Crippen LogP contribution < -0.4 is 4.74 Å². The molecule has 0 heterocycles. The van der Waals surface area contributed by atoms with E-state index in [1.807, 2.05) is 24.3 Å². The van der Waals surface area contributed by atoms with Crippen LogP contribution >= 0.6 is 23.2 Å². The molecular formula is C17H13Cl2FO. The maximum Gasteiger partial charge on any atom is 0.142 e. The number of halogens is 3. The van der Waals surface area contributed by atoms with Crippen molar-refractivity contribution in [2.75, 3.05) is 5.88 Å². The summed E-state index contributed by atoms with van der Waals surface area (Å²) in [6, 6.07) is 12.0. The van der Waals surface area contributed by atoms with Gasteiger partial charge in [-0.1, -0.05) is 35.6 Å². The summed E-state index contributed by atoms with van der Waals surface area (Å²) in [4.78, 5) is 0. The van der Waals surface area contributed by atoms with Gasteiger partial charge >= 0.3 is 0 Å². The molecule has 0 saturated carbocycles. The van der Waals surface area contributed by atoms with Crippen LogP contribution in [0, 0.1) is 17.7 Å². The van der Waals surface area contributed by atoms with Gasteiger partial charge < -0.3 is 4.74 Å². The van der Waals surface area contributed by atoms with Crippen LogP contribution in [0.1, 0.15) is 17.5 Å². The van der Waals surface area contributed by atoms with E-state index in [-0.39, 0.29) is 11.6 Å². The van der Waals surface area contributed by atoms with Crippen molar-refractivity contribution in [1.82, 2.24) is 0 Å². The molecule has 0 aliphatic heterocycles. The Balaban J connectivity index is 1.98. The molecule has 4 heteroatoms. The van der Waals surface area contributed by atoms with Gasteiger partial charge in [-0.05, 0) is 30.3 Å². The zero-order valence-electron chi connectivity index (χ0n) is 11.2. The van der Waals surface area contributed by atoms with Gasteiger partial charge in [0.15, 0.2) is 0 Å². The molecule has 2 aromatic carbocycles. The van der Waals surface area contributed by atoms with Crippen LogP contribution in [0.2, 0.25) is 5.02 Å². The van der Waals surface area contributed by atoms with Gasteiger partial charge in [0.25, 0.3) is 0 Å². The number of ether oxygens (including phenoxy) is 1. The molecule has 0 spiro atoms. The number of rotatable bonds is 4. The Morgan fingerprint density at radius 3 is 2.57 bits per heavy atom. The molecule has 0 aromatic heterocycles. The van der Waals surface area contributed by atoms with Gasteiger partial charge in [-0.15, -0.1) is 11.6 Å². The van der Waals surface area contributed by atoms with Crippen molar-refractivity contribution in [3.63, 3.8) is 0 Å². The first-order chi connectivity index (χ1) is 10.2. The maximum absolute atomic E-state index is 13.3. The highest BCUT2D eigenvalue weighted by Gasteiger charge is 2.06. The van der Waals surface area contributed by atoms with E-state index in [9.17, 15) is 4.39 Å². The maximum atomic E-state index is 13.3. The molecule has 0 fully saturated rings. The minimum Gasteiger partial charge on any atom is -0.489 e. The standard InChI is InChI=1S/C17H13Cl2FO/c18-11-2-1-4-13-7-9-15(10-8-13)21-12-14-5-3-6-16(20)17(14)19/h3,5-10H,2,11-12H2. The summed E-state index contributed by atoms with van der Waals surface area (Å²) in [5, 5.41) is 0.0982. The van der Waals surface area contributed by atoms with Crippen molar-refractivity contribution < 1.29 is 9.13 Å². The van der Waals surface area contributed by atoms with Crippen LogP contribution in [-0.2, 0) is 6.61 Å². The molecule has 21 heavy (non-hydrogen) atoms. The van der Waals surface area contributed by atoms with Gasteiger partial charge in [0.05, 0.1) is 5.02 Å². The summed E-state index contributed by atoms with van der Waals surface area (Å²) in [5.41, 5.74) is 1.51. The van der Waals surface area contributed by atoms with Gasteiger partial charge in [-0.3, -0.25) is 0 Å². The van der Waals surface area contributed by atoms with Gasteiger partial charge in [-0.2, -0.15) is 0 Å². The highest BCUT2D eigenvalue weighted by Crippen LogP contribution is 2.21. The zero-order chi connectivity index (χ0) is 15.1. The van der Waals surface area contributed by atoms with E-state index >= 15 is 0 Å². The van der Waals surface area contributed by atoms with E-state index < -0.39 is 5.82 Å². The minimum absolute atomic E-state index is 0.0982. The summed E-state index contributed by atoms with van der Waals surface area (Å²) >= 11 is 11.4. The molecule has 0 aliphatic carbocycles. The fraction of sp³-hybridized carbons (Fsp3) is 0.176. The topological polar surface area (TPSA) is 9.23 Å². The van der Waals surface area contributed by atoms with Gasteiger partial charge in [0, 0.05) is 23.4 Å². The van der Waals surface area contributed by atoms with Crippen molar-refractivity contribution in [3.05, 3.63) is 64.4 Å². The molecular weight excluding hydrogens is 310 g/mol. The lowest BCUT2D eigenvalue weighted by Crippen LogP contribution is -1.97. The number of alkyl halides is 1. The fourth-order valence-electron chi connectivity index (χ4n) is 1.67. The van der Waals surface area contributed by atoms with Gasteiger partial charge in [0.1, 0.15) is 18.2 Å². The summed E-state index contributed by atoms with van der Waals surface area (Å²) in [6.07, 6.45) is 0.665. The molecule has 0 saturated heterocycles. The Hall–Kier alpha value is -1.69. The second kappa shape index (κ2) is 7.93. The van der Waals surface area contributed by atoms with Crippen molar-refractivity contribution >= 4 is 23.2 Å². The van der Waals surface area contributed by atoms with E-state index in [0.717, 1.165) is 5.56 Å². The van der Waals surface area contributed by atoms with Crippen molar-refractivity contribution in [2.45, 2.75) is 13.0 Å². The first kappa shape index (κ1) is 15.7. The average molecular weight is 323 g/mol. The monoisotopic (exact) mass is 322 g/mol. The second-order valence-electron chi connectivity index (χ2n) is 4.27. The smallest absolute Gasteiger partial charge is 0.142 e. The first-order valence-corrected chi connectivity index (χ1v) is 7.32. The molecule has 108 valence electrons. The molecule has 0 radical (unpaired) electrons. The average Bonchev–Trinajstić information content (AvgIpc) is 2.50. The number of benzene rings is 2. The van der Waals surface area contributed by atoms with Crippen molar-refractivity contribution in [3.8, 4) is 17.6 Å². The molecule has 0 N–H and O–H groups in total. The van der Waals surface area contributed by atoms with E-state index in [4.69, 9.17) is 27.9 Å². The van der Waals surface area contributed by atoms with Crippen LogP contribution in [0.15, 0.2) is 42.5 Å². The van der Waals surface area contributed by atoms with Crippen molar-refractivity contribution in [1.29, 1.82) is 0 Å². The fourth-order valence-corrected chi connectivity index (χ4v) is 1.94. The highest BCUT2D eigenvalue weighted by molar-refractivity contribution is 6.31. The predicted molar refractivity (Wildman–Crippen MR) is 84.4 cm³/mol. The van der Waals surface area contributed by atoms with Gasteiger partial charge in [0.2, 0.25) is 0 Å². The lowest BCUT2D eigenvalue weighted by molar-refractivity contribution is 0.305. The Bertz CT molecular complexity index is 657. The molecule has 0 amide bonds. The second-order valence-corrected chi connectivity index (χ2v) is 5.02. The van der Waals surface area contributed by atoms with E-state index in [1.165, 1.54) is 6.07 Å².